The molecule has 2 rings (SSSR count). The Bertz CT molecular complexity index is 1030. The van der Waals surface area contributed by atoms with E-state index >= 15 is 0 Å². The van der Waals surface area contributed by atoms with Crippen molar-refractivity contribution in [3.05, 3.63) is 64.1 Å². The Morgan fingerprint density at radius 2 is 1.71 bits per heavy atom. The van der Waals surface area contributed by atoms with Crippen molar-refractivity contribution in [2.24, 2.45) is 0 Å². The van der Waals surface area contributed by atoms with Crippen LogP contribution in [0.4, 0.5) is 5.69 Å². The van der Waals surface area contributed by atoms with Crippen LogP contribution in [0.3, 0.4) is 0 Å². The highest BCUT2D eigenvalue weighted by atomic mass is 35.5. The van der Waals surface area contributed by atoms with Crippen LogP contribution in [0, 0.1) is 0 Å². The number of hydrogen-bond acceptors (Lipinski definition) is 4. The van der Waals surface area contributed by atoms with Crippen LogP contribution in [0.25, 0.3) is 0 Å². The molecular weight excluding hydrogens is 461 g/mol. The predicted octanol–water partition coefficient (Wildman–Crippen LogP) is 3.31. The van der Waals surface area contributed by atoms with Crippen LogP contribution in [0.2, 0.25) is 10.0 Å². The smallest absolute Gasteiger partial charge is 0.244 e. The van der Waals surface area contributed by atoms with Crippen LogP contribution in [0.5, 0.6) is 0 Å². The van der Waals surface area contributed by atoms with Crippen LogP contribution in [0.1, 0.15) is 18.9 Å². The van der Waals surface area contributed by atoms with Gasteiger partial charge in [0.1, 0.15) is 12.6 Å². The molecule has 0 aromatic heterocycles. The number of rotatable bonds is 9. The summed E-state index contributed by atoms with van der Waals surface area (Å²) < 4.78 is 25.9. The fourth-order valence-corrected chi connectivity index (χ4v) is 4.27. The average Bonchev–Trinajstić information content (AvgIpc) is 2.72. The fraction of sp³-hybridized carbons (Fsp3) is 0.333. The molecule has 10 heteroatoms. The molecule has 0 saturated heterocycles. The van der Waals surface area contributed by atoms with Crippen LogP contribution in [0.15, 0.2) is 48.5 Å². The van der Waals surface area contributed by atoms with Gasteiger partial charge in [0.15, 0.2) is 0 Å². The Hall–Kier alpha value is -2.29. The number of benzene rings is 2. The Morgan fingerprint density at radius 3 is 2.23 bits per heavy atom. The van der Waals surface area contributed by atoms with Gasteiger partial charge >= 0.3 is 0 Å². The topological polar surface area (TPSA) is 86.8 Å². The van der Waals surface area contributed by atoms with E-state index in [0.717, 1.165) is 16.1 Å². The third-order valence-corrected chi connectivity index (χ3v) is 6.30. The molecule has 0 aliphatic rings. The number of hydrogen-bond donors (Lipinski definition) is 1. The molecule has 7 nitrogen and oxygen atoms in total. The van der Waals surface area contributed by atoms with E-state index in [-0.39, 0.29) is 18.1 Å². The third kappa shape index (κ3) is 6.85. The number of carbonyl (C=O) groups is 2. The van der Waals surface area contributed by atoms with Crippen molar-refractivity contribution >= 4 is 50.7 Å². The van der Waals surface area contributed by atoms with Crippen molar-refractivity contribution in [3.63, 3.8) is 0 Å². The summed E-state index contributed by atoms with van der Waals surface area (Å²) in [4.78, 5) is 27.2. The molecule has 0 radical (unpaired) electrons. The summed E-state index contributed by atoms with van der Waals surface area (Å²) in [5.74, 6) is -0.853. The van der Waals surface area contributed by atoms with Gasteiger partial charge in [0.05, 0.1) is 11.9 Å². The van der Waals surface area contributed by atoms with Crippen molar-refractivity contribution in [3.8, 4) is 0 Å². The molecule has 1 atom stereocenters. The summed E-state index contributed by atoms with van der Waals surface area (Å²) in [5.41, 5.74) is 1.02. The van der Waals surface area contributed by atoms with Gasteiger partial charge in [0.25, 0.3) is 0 Å². The van der Waals surface area contributed by atoms with Gasteiger partial charge in [0, 0.05) is 23.6 Å². The van der Waals surface area contributed by atoms with Gasteiger partial charge in [0.2, 0.25) is 21.8 Å². The number of amides is 2. The molecule has 0 bridgehead atoms. The van der Waals surface area contributed by atoms with Crippen molar-refractivity contribution in [1.29, 1.82) is 0 Å². The molecule has 0 aliphatic heterocycles. The number of halogens is 2. The summed E-state index contributed by atoms with van der Waals surface area (Å²) in [7, 11) is -2.30. The minimum Gasteiger partial charge on any atom is -0.357 e. The summed E-state index contributed by atoms with van der Waals surface area (Å²) in [6.45, 7) is 1.43. The van der Waals surface area contributed by atoms with Gasteiger partial charge in [-0.15, -0.1) is 0 Å². The summed E-state index contributed by atoms with van der Waals surface area (Å²) in [6.07, 6.45) is 1.37. The van der Waals surface area contributed by atoms with Crippen molar-refractivity contribution in [2.75, 3.05) is 24.2 Å². The number of anilines is 1. The zero-order valence-electron chi connectivity index (χ0n) is 17.5. The molecule has 0 spiro atoms. The van der Waals surface area contributed by atoms with Crippen LogP contribution in [-0.2, 0) is 26.2 Å². The molecule has 2 amide bonds. The molecular formula is C21H25Cl2N3O4S. The van der Waals surface area contributed by atoms with E-state index in [2.05, 4.69) is 5.32 Å². The van der Waals surface area contributed by atoms with Crippen LogP contribution >= 0.6 is 23.2 Å². The number of nitrogens with zero attached hydrogens (tertiary/aromatic N) is 2. The third-order valence-electron chi connectivity index (χ3n) is 4.67. The van der Waals surface area contributed by atoms with Crippen molar-refractivity contribution in [2.45, 2.75) is 25.9 Å². The fourth-order valence-electron chi connectivity index (χ4n) is 3.12. The maximum absolute atomic E-state index is 13.3. The van der Waals surface area contributed by atoms with E-state index in [9.17, 15) is 18.0 Å². The van der Waals surface area contributed by atoms with E-state index in [1.807, 2.05) is 0 Å². The Balaban J connectivity index is 2.41. The van der Waals surface area contributed by atoms with Crippen LogP contribution in [-0.4, -0.2) is 51.0 Å². The van der Waals surface area contributed by atoms with Gasteiger partial charge in [-0.05, 0) is 42.3 Å². The highest BCUT2D eigenvalue weighted by Crippen LogP contribution is 2.23. The molecule has 0 aliphatic carbocycles. The lowest BCUT2D eigenvalue weighted by Crippen LogP contribution is -2.51. The first-order valence-corrected chi connectivity index (χ1v) is 12.2. The molecule has 2 aromatic carbocycles. The standard InChI is InChI=1S/C21H25Cl2N3O4S/c1-4-19(21(28)24-2)25(13-15-8-10-16(22)11-9-15)20(27)14-26(31(3,29)30)18-7-5-6-17(23)12-18/h5-12,19H,4,13-14H2,1-3H3,(H,24,28)/t19-/m1/s1. The van der Waals surface area contributed by atoms with E-state index in [4.69, 9.17) is 23.2 Å². The van der Waals surface area contributed by atoms with E-state index in [1.54, 1.807) is 49.4 Å². The highest BCUT2D eigenvalue weighted by Gasteiger charge is 2.31. The number of nitrogens with one attached hydrogen (secondary N) is 1. The zero-order valence-corrected chi connectivity index (χ0v) is 19.8. The SMILES string of the molecule is CC[C@H](C(=O)NC)N(Cc1ccc(Cl)cc1)C(=O)CN(c1cccc(Cl)c1)S(C)(=O)=O. The van der Waals surface area contributed by atoms with Gasteiger partial charge in [-0.1, -0.05) is 48.3 Å². The monoisotopic (exact) mass is 485 g/mol. The first-order valence-electron chi connectivity index (χ1n) is 9.55. The van der Waals surface area contributed by atoms with E-state index < -0.39 is 28.5 Å². The number of sulfonamides is 1. The molecule has 168 valence electrons. The Kier molecular flexibility index (Phi) is 8.73. The quantitative estimate of drug-likeness (QED) is 0.589. The van der Waals surface area contributed by atoms with Gasteiger partial charge in [-0.2, -0.15) is 0 Å². The first-order chi connectivity index (χ1) is 14.6. The zero-order chi connectivity index (χ0) is 23.2. The maximum Gasteiger partial charge on any atom is 0.244 e. The summed E-state index contributed by atoms with van der Waals surface area (Å²) in [6, 6.07) is 12.4. The molecule has 31 heavy (non-hydrogen) atoms. The highest BCUT2D eigenvalue weighted by molar-refractivity contribution is 7.92. The minimum atomic E-state index is -3.79. The van der Waals surface area contributed by atoms with E-state index in [1.165, 1.54) is 18.0 Å². The summed E-state index contributed by atoms with van der Waals surface area (Å²) in [5, 5.41) is 3.45. The van der Waals surface area contributed by atoms with Crippen molar-refractivity contribution < 1.29 is 18.0 Å². The Labute approximate surface area is 193 Å². The van der Waals surface area contributed by atoms with Gasteiger partial charge in [-0.25, -0.2) is 8.42 Å². The molecule has 0 saturated carbocycles. The molecule has 1 N–H and O–H groups in total. The lowest BCUT2D eigenvalue weighted by atomic mass is 10.1. The Morgan fingerprint density at radius 1 is 1.06 bits per heavy atom. The minimum absolute atomic E-state index is 0.120. The predicted molar refractivity (Wildman–Crippen MR) is 124 cm³/mol. The first kappa shape index (κ1) is 25.0. The largest absolute Gasteiger partial charge is 0.357 e. The van der Waals surface area contributed by atoms with E-state index in [0.29, 0.717) is 16.5 Å². The average molecular weight is 486 g/mol. The van der Waals surface area contributed by atoms with Crippen molar-refractivity contribution in [1.82, 2.24) is 10.2 Å². The van der Waals surface area contributed by atoms with Gasteiger partial charge in [-0.3, -0.25) is 13.9 Å². The normalized spacial score (nSPS) is 12.2. The summed E-state index contributed by atoms with van der Waals surface area (Å²) >= 11 is 12.0. The second kappa shape index (κ2) is 10.8. The number of carbonyl (C=O) groups excluding carboxylic acids is 2. The number of likely N-dealkylation sites (N-methyl/N-ethyl adjacent to an activating group) is 1. The maximum atomic E-state index is 13.3. The molecule has 0 unspecified atom stereocenters. The molecule has 0 fully saturated rings. The second-order valence-electron chi connectivity index (χ2n) is 6.94. The molecule has 2 aromatic rings. The lowest BCUT2D eigenvalue weighted by Gasteiger charge is -2.32. The second-order valence-corrected chi connectivity index (χ2v) is 9.72. The lowest BCUT2D eigenvalue weighted by molar-refractivity contribution is -0.140. The van der Waals surface area contributed by atoms with Crippen LogP contribution < -0.4 is 9.62 Å². The van der Waals surface area contributed by atoms with Gasteiger partial charge < -0.3 is 10.2 Å². The molecule has 0 heterocycles.